The van der Waals surface area contributed by atoms with Crippen molar-refractivity contribution in [2.45, 2.75) is 6.54 Å². The summed E-state index contributed by atoms with van der Waals surface area (Å²) in [5.74, 6) is 0.654. The first kappa shape index (κ1) is 13.1. The summed E-state index contributed by atoms with van der Waals surface area (Å²) in [6, 6.07) is 15.3. The monoisotopic (exact) mass is 278 g/mol. The van der Waals surface area contributed by atoms with E-state index in [0.29, 0.717) is 17.9 Å². The zero-order chi connectivity index (χ0) is 14.7. The fraction of sp³-hybridized carbons (Fsp3) is 0.118. The number of fused-ring (bicyclic) bond motifs is 1. The molecule has 0 fully saturated rings. The predicted octanol–water partition coefficient (Wildman–Crippen LogP) is 3.93. The average molecular weight is 278 g/mol. The number of para-hydroxylation sites is 1. The van der Waals surface area contributed by atoms with Crippen LogP contribution in [0, 0.1) is 11.3 Å². The molecule has 0 saturated carbocycles. The molecule has 0 unspecified atom stereocenters. The van der Waals surface area contributed by atoms with Gasteiger partial charge in [-0.15, -0.1) is 0 Å². The third-order valence-electron chi connectivity index (χ3n) is 3.36. The van der Waals surface area contributed by atoms with Crippen molar-refractivity contribution in [3.05, 3.63) is 59.9 Å². The van der Waals surface area contributed by atoms with Crippen LogP contribution >= 0.6 is 0 Å². The molecule has 104 valence electrons. The molecule has 3 aromatic rings. The van der Waals surface area contributed by atoms with E-state index in [0.717, 1.165) is 22.2 Å². The number of benzene rings is 2. The van der Waals surface area contributed by atoms with Crippen molar-refractivity contribution in [3.63, 3.8) is 0 Å². The Bertz CT molecular complexity index is 815. The molecule has 0 radical (unpaired) electrons. The van der Waals surface area contributed by atoms with Gasteiger partial charge in [-0.1, -0.05) is 18.2 Å². The number of ether oxygens (including phenoxy) is 1. The van der Waals surface area contributed by atoms with E-state index < -0.39 is 0 Å². The van der Waals surface area contributed by atoms with Crippen LogP contribution in [0.5, 0.6) is 5.75 Å². The maximum absolute atomic E-state index is 8.91. The smallest absolute Gasteiger partial charge is 0.143 e. The number of hydrogen-bond donors (Lipinski definition) is 1. The Balaban J connectivity index is 1.83. The summed E-state index contributed by atoms with van der Waals surface area (Å²) in [6.45, 7) is 0.624. The molecule has 1 aromatic heterocycles. The largest absolute Gasteiger partial charge is 0.495 e. The van der Waals surface area contributed by atoms with Crippen LogP contribution in [0.25, 0.3) is 11.0 Å². The highest BCUT2D eigenvalue weighted by atomic mass is 16.5. The van der Waals surface area contributed by atoms with E-state index in [1.54, 1.807) is 25.5 Å². The Kier molecular flexibility index (Phi) is 3.48. The molecule has 0 bridgehead atoms. The molecule has 0 amide bonds. The minimum Gasteiger partial charge on any atom is -0.495 e. The van der Waals surface area contributed by atoms with Gasteiger partial charge < -0.3 is 14.5 Å². The summed E-state index contributed by atoms with van der Waals surface area (Å²) < 4.78 is 10.8. The second-order valence-electron chi connectivity index (χ2n) is 4.64. The molecule has 1 N–H and O–H groups in total. The molecule has 0 aliphatic carbocycles. The molecule has 0 aliphatic heterocycles. The van der Waals surface area contributed by atoms with Gasteiger partial charge in [0.05, 0.1) is 30.7 Å². The van der Waals surface area contributed by atoms with Gasteiger partial charge in [0.25, 0.3) is 0 Å². The normalized spacial score (nSPS) is 10.3. The van der Waals surface area contributed by atoms with Crippen LogP contribution in [0.3, 0.4) is 0 Å². The van der Waals surface area contributed by atoms with E-state index in [2.05, 4.69) is 11.4 Å². The van der Waals surface area contributed by atoms with Crippen LogP contribution in [-0.4, -0.2) is 7.11 Å². The van der Waals surface area contributed by atoms with Gasteiger partial charge in [0, 0.05) is 23.6 Å². The quantitative estimate of drug-likeness (QED) is 0.785. The van der Waals surface area contributed by atoms with Crippen molar-refractivity contribution < 1.29 is 9.15 Å². The highest BCUT2D eigenvalue weighted by Crippen LogP contribution is 2.27. The highest BCUT2D eigenvalue weighted by Gasteiger charge is 2.07. The van der Waals surface area contributed by atoms with E-state index in [9.17, 15) is 0 Å². The van der Waals surface area contributed by atoms with Crippen LogP contribution in [0.1, 0.15) is 11.1 Å². The number of nitriles is 1. The van der Waals surface area contributed by atoms with Crippen LogP contribution < -0.4 is 10.1 Å². The van der Waals surface area contributed by atoms with Gasteiger partial charge >= 0.3 is 0 Å². The van der Waals surface area contributed by atoms with Crippen molar-refractivity contribution in [2.75, 3.05) is 12.4 Å². The maximum atomic E-state index is 8.91. The fourth-order valence-corrected chi connectivity index (χ4v) is 2.27. The first-order chi connectivity index (χ1) is 10.3. The summed E-state index contributed by atoms with van der Waals surface area (Å²) in [7, 11) is 1.59. The van der Waals surface area contributed by atoms with E-state index >= 15 is 0 Å². The van der Waals surface area contributed by atoms with Gasteiger partial charge in [-0.05, 0) is 18.2 Å². The lowest BCUT2D eigenvalue weighted by Gasteiger charge is -2.10. The Hall–Kier alpha value is -2.93. The van der Waals surface area contributed by atoms with Crippen LogP contribution in [0.4, 0.5) is 5.69 Å². The summed E-state index contributed by atoms with van der Waals surface area (Å²) in [5, 5.41) is 13.3. The molecule has 4 heteroatoms. The highest BCUT2D eigenvalue weighted by molar-refractivity contribution is 5.81. The molecule has 0 saturated heterocycles. The third-order valence-corrected chi connectivity index (χ3v) is 3.36. The number of furan rings is 1. The molecule has 0 aliphatic rings. The van der Waals surface area contributed by atoms with Crippen molar-refractivity contribution in [1.29, 1.82) is 5.26 Å². The Morgan fingerprint density at radius 2 is 2.10 bits per heavy atom. The molecule has 4 nitrogen and oxygen atoms in total. The Labute approximate surface area is 122 Å². The molecule has 0 spiro atoms. The number of nitrogens with zero attached hydrogens (tertiary/aromatic N) is 1. The zero-order valence-corrected chi connectivity index (χ0v) is 11.6. The predicted molar refractivity (Wildman–Crippen MR) is 81.2 cm³/mol. The number of anilines is 1. The van der Waals surface area contributed by atoms with Gasteiger partial charge in [0.1, 0.15) is 11.3 Å². The lowest BCUT2D eigenvalue weighted by atomic mass is 10.1. The third kappa shape index (κ3) is 2.54. The minimum atomic E-state index is 0.575. The topological polar surface area (TPSA) is 58.2 Å². The molecular weight excluding hydrogens is 264 g/mol. The van der Waals surface area contributed by atoms with E-state index in [1.807, 2.05) is 30.3 Å². The number of nitrogens with one attached hydrogen (secondary N) is 1. The molecule has 0 atom stereocenters. The van der Waals surface area contributed by atoms with Crippen molar-refractivity contribution >= 4 is 16.7 Å². The Morgan fingerprint density at radius 1 is 1.24 bits per heavy atom. The van der Waals surface area contributed by atoms with Crippen molar-refractivity contribution in [1.82, 2.24) is 0 Å². The zero-order valence-electron chi connectivity index (χ0n) is 11.6. The molecule has 3 rings (SSSR count). The summed E-state index contributed by atoms with van der Waals surface area (Å²) in [6.07, 6.45) is 1.76. The molecule has 1 heterocycles. The average Bonchev–Trinajstić information content (AvgIpc) is 2.96. The molecular formula is C17H14N2O2. The number of hydrogen-bond acceptors (Lipinski definition) is 4. The van der Waals surface area contributed by atoms with Crippen LogP contribution in [0.15, 0.2) is 53.1 Å². The lowest BCUT2D eigenvalue weighted by molar-refractivity contribution is 0.416. The fourth-order valence-electron chi connectivity index (χ4n) is 2.27. The van der Waals surface area contributed by atoms with E-state index in [4.69, 9.17) is 14.4 Å². The summed E-state index contributed by atoms with van der Waals surface area (Å²) in [4.78, 5) is 0. The second-order valence-corrected chi connectivity index (χ2v) is 4.64. The summed E-state index contributed by atoms with van der Waals surface area (Å²) >= 11 is 0. The van der Waals surface area contributed by atoms with Gasteiger partial charge in [-0.25, -0.2) is 0 Å². The van der Waals surface area contributed by atoms with Gasteiger partial charge in [-0.2, -0.15) is 5.26 Å². The minimum absolute atomic E-state index is 0.575. The maximum Gasteiger partial charge on any atom is 0.143 e. The van der Waals surface area contributed by atoms with E-state index in [1.165, 1.54) is 0 Å². The Morgan fingerprint density at radius 3 is 2.90 bits per heavy atom. The van der Waals surface area contributed by atoms with Gasteiger partial charge in [0.2, 0.25) is 0 Å². The number of rotatable bonds is 4. The van der Waals surface area contributed by atoms with Crippen LogP contribution in [0.2, 0.25) is 0 Å². The molecule has 2 aromatic carbocycles. The number of methoxy groups -OCH3 is 1. The van der Waals surface area contributed by atoms with Gasteiger partial charge in [0.15, 0.2) is 0 Å². The first-order valence-corrected chi connectivity index (χ1v) is 6.59. The SMILES string of the molecule is COc1cc(C#N)ccc1NCc1coc2ccccc12. The van der Waals surface area contributed by atoms with Crippen molar-refractivity contribution in [2.24, 2.45) is 0 Å². The second kappa shape index (κ2) is 5.59. The van der Waals surface area contributed by atoms with Crippen molar-refractivity contribution in [3.8, 4) is 11.8 Å². The standard InChI is InChI=1S/C17H14N2O2/c1-20-17-8-12(9-18)6-7-15(17)19-10-13-11-21-16-5-3-2-4-14(13)16/h2-8,11,19H,10H2,1H3. The first-order valence-electron chi connectivity index (χ1n) is 6.59. The van der Waals surface area contributed by atoms with Gasteiger partial charge in [-0.3, -0.25) is 0 Å². The van der Waals surface area contributed by atoms with E-state index in [-0.39, 0.29) is 0 Å². The summed E-state index contributed by atoms with van der Waals surface area (Å²) in [5.41, 5.74) is 3.38. The lowest BCUT2D eigenvalue weighted by Crippen LogP contribution is -2.01. The van der Waals surface area contributed by atoms with Crippen LogP contribution in [-0.2, 0) is 6.54 Å². The molecule has 21 heavy (non-hydrogen) atoms.